The Labute approximate surface area is 189 Å². The van der Waals surface area contributed by atoms with Crippen LogP contribution in [0.5, 0.6) is 0 Å². The molecule has 5 rings (SSSR count). The fourth-order valence-electron chi connectivity index (χ4n) is 3.29. The van der Waals surface area contributed by atoms with Crippen molar-refractivity contribution in [1.29, 1.82) is 0 Å². The number of halogens is 1. The third-order valence-corrected chi connectivity index (χ3v) is 6.31. The van der Waals surface area contributed by atoms with Crippen LogP contribution in [0.1, 0.15) is 36.2 Å². The van der Waals surface area contributed by atoms with Crippen molar-refractivity contribution >= 4 is 40.2 Å². The molecule has 2 heterocycles. The summed E-state index contributed by atoms with van der Waals surface area (Å²) in [7, 11) is 0. The highest BCUT2D eigenvalue weighted by Crippen LogP contribution is 2.40. The molecule has 0 unspecified atom stereocenters. The molecule has 5 nitrogen and oxygen atoms in total. The SMILES string of the molecule is CCNC(=O)c1ccc2nc(-c3nn(C4CC4)cc3Sc3ccc(Cl)cc3)c#cc2c1. The summed E-state index contributed by atoms with van der Waals surface area (Å²) in [5.74, 6) is -0.105. The van der Waals surface area contributed by atoms with Crippen LogP contribution in [-0.2, 0) is 0 Å². The van der Waals surface area contributed by atoms with E-state index in [0.717, 1.165) is 39.2 Å². The lowest BCUT2D eigenvalue weighted by Crippen LogP contribution is -2.22. The van der Waals surface area contributed by atoms with Gasteiger partial charge < -0.3 is 5.32 Å². The normalized spacial score (nSPS) is 13.2. The standard InChI is InChI=1S/C24H19ClN4OS/c1-2-26-24(30)16-4-11-20-15(13-16)3-12-21(27-20)23-22(14-29(28-23)18-7-8-18)31-19-9-5-17(25)6-10-19/h4-6,9-11,13-14,18H,2,7-8H2,1H3,(H,26,30). The second kappa shape index (κ2) is 8.26. The average molecular weight is 447 g/mol. The van der Waals surface area contributed by atoms with Gasteiger partial charge in [0.1, 0.15) is 11.4 Å². The highest BCUT2D eigenvalue weighted by atomic mass is 35.5. The highest BCUT2D eigenvalue weighted by Gasteiger charge is 2.27. The number of amides is 1. The first-order valence-corrected chi connectivity index (χ1v) is 11.4. The van der Waals surface area contributed by atoms with Gasteiger partial charge in [-0.15, -0.1) is 0 Å². The zero-order chi connectivity index (χ0) is 21.4. The number of hydrogen-bond donors (Lipinski definition) is 1. The Morgan fingerprint density at radius 3 is 2.77 bits per heavy atom. The van der Waals surface area contributed by atoms with E-state index in [4.69, 9.17) is 21.7 Å². The fourth-order valence-corrected chi connectivity index (χ4v) is 4.34. The van der Waals surface area contributed by atoms with Crippen LogP contribution in [0, 0.1) is 12.1 Å². The molecule has 1 N–H and O–H groups in total. The van der Waals surface area contributed by atoms with Crippen LogP contribution in [-0.4, -0.2) is 27.2 Å². The van der Waals surface area contributed by atoms with Crippen molar-refractivity contribution in [3.8, 4) is 11.4 Å². The van der Waals surface area contributed by atoms with Gasteiger partial charge in [-0.3, -0.25) is 9.48 Å². The Kier molecular flexibility index (Phi) is 5.31. The van der Waals surface area contributed by atoms with Crippen molar-refractivity contribution in [3.05, 3.63) is 71.4 Å². The molecular formula is C24H19ClN4OS. The van der Waals surface area contributed by atoms with Gasteiger partial charge in [0, 0.05) is 28.2 Å². The monoisotopic (exact) mass is 446 g/mol. The Balaban J connectivity index is 1.51. The maximum absolute atomic E-state index is 12.1. The molecule has 1 amide bonds. The predicted molar refractivity (Wildman–Crippen MR) is 122 cm³/mol. The van der Waals surface area contributed by atoms with Crippen LogP contribution in [0.15, 0.2) is 58.5 Å². The van der Waals surface area contributed by atoms with E-state index in [-0.39, 0.29) is 5.91 Å². The van der Waals surface area contributed by atoms with E-state index < -0.39 is 0 Å². The molecular weight excluding hydrogens is 428 g/mol. The molecule has 0 spiro atoms. The molecule has 1 aliphatic rings. The van der Waals surface area contributed by atoms with Crippen molar-refractivity contribution in [1.82, 2.24) is 20.1 Å². The Morgan fingerprint density at radius 1 is 1.23 bits per heavy atom. The van der Waals surface area contributed by atoms with Crippen LogP contribution in [0.2, 0.25) is 5.02 Å². The maximum Gasteiger partial charge on any atom is 0.251 e. The van der Waals surface area contributed by atoms with Gasteiger partial charge in [0.15, 0.2) is 0 Å². The van der Waals surface area contributed by atoms with Gasteiger partial charge in [0.05, 0.1) is 21.8 Å². The number of nitrogens with one attached hydrogen (secondary N) is 1. The summed E-state index contributed by atoms with van der Waals surface area (Å²) in [5.41, 5.74) is 2.78. The van der Waals surface area contributed by atoms with E-state index >= 15 is 0 Å². The first-order chi connectivity index (χ1) is 15.1. The topological polar surface area (TPSA) is 59.8 Å². The first kappa shape index (κ1) is 19.9. The molecule has 1 saturated carbocycles. The minimum absolute atomic E-state index is 0.105. The van der Waals surface area contributed by atoms with Crippen LogP contribution >= 0.6 is 23.4 Å². The molecule has 4 aromatic rings. The minimum Gasteiger partial charge on any atom is -0.352 e. The number of carbonyl (C=O) groups excluding carboxylic acids is 1. The van der Waals surface area contributed by atoms with E-state index in [1.54, 1.807) is 23.9 Å². The molecule has 0 bridgehead atoms. The van der Waals surface area contributed by atoms with Gasteiger partial charge in [0.25, 0.3) is 5.91 Å². The summed E-state index contributed by atoms with van der Waals surface area (Å²) in [5, 5.41) is 9.10. The second-order valence-corrected chi connectivity index (χ2v) is 8.96. The predicted octanol–water partition coefficient (Wildman–Crippen LogP) is 5.59. The number of rotatable bonds is 6. The number of nitrogens with zero attached hydrogens (tertiary/aromatic N) is 3. The maximum atomic E-state index is 12.1. The average Bonchev–Trinajstić information content (AvgIpc) is 3.55. The van der Waals surface area contributed by atoms with Crippen LogP contribution < -0.4 is 5.32 Å². The molecule has 7 heteroatoms. The lowest BCUT2D eigenvalue weighted by atomic mass is 10.1. The van der Waals surface area contributed by atoms with Crippen LogP contribution in [0.3, 0.4) is 0 Å². The summed E-state index contributed by atoms with van der Waals surface area (Å²) in [6.45, 7) is 2.48. The molecule has 154 valence electrons. The molecule has 0 radical (unpaired) electrons. The molecule has 0 atom stereocenters. The molecule has 0 saturated heterocycles. The Hall–Kier alpha value is -3.01. The van der Waals surface area contributed by atoms with E-state index in [1.807, 2.05) is 41.9 Å². The van der Waals surface area contributed by atoms with Gasteiger partial charge >= 0.3 is 0 Å². The zero-order valence-electron chi connectivity index (χ0n) is 16.9. The van der Waals surface area contributed by atoms with Gasteiger partial charge in [-0.05, 0) is 68.3 Å². The van der Waals surface area contributed by atoms with Gasteiger partial charge in [-0.1, -0.05) is 29.4 Å². The number of aromatic nitrogens is 3. The second-order valence-electron chi connectivity index (χ2n) is 7.41. The molecule has 1 aliphatic carbocycles. The summed E-state index contributed by atoms with van der Waals surface area (Å²) < 4.78 is 2.03. The molecule has 0 aliphatic heterocycles. The lowest BCUT2D eigenvalue weighted by Gasteiger charge is -2.04. The third-order valence-electron chi connectivity index (χ3n) is 5.03. The van der Waals surface area contributed by atoms with E-state index in [2.05, 4.69) is 23.6 Å². The lowest BCUT2D eigenvalue weighted by molar-refractivity contribution is 0.0956. The zero-order valence-corrected chi connectivity index (χ0v) is 18.4. The Bertz CT molecular complexity index is 1260. The number of fused-ring (bicyclic) bond motifs is 1. The molecule has 31 heavy (non-hydrogen) atoms. The Morgan fingerprint density at radius 2 is 2.03 bits per heavy atom. The summed E-state index contributed by atoms with van der Waals surface area (Å²) in [4.78, 5) is 19.0. The number of carbonyl (C=O) groups is 1. The van der Waals surface area contributed by atoms with E-state index in [0.29, 0.717) is 28.9 Å². The quantitative estimate of drug-likeness (QED) is 0.419. The minimum atomic E-state index is -0.105. The molecule has 2 aromatic heterocycles. The number of hydrogen-bond acceptors (Lipinski definition) is 4. The largest absolute Gasteiger partial charge is 0.352 e. The van der Waals surface area contributed by atoms with E-state index in [9.17, 15) is 4.79 Å². The van der Waals surface area contributed by atoms with Crippen molar-refractivity contribution in [3.63, 3.8) is 0 Å². The van der Waals surface area contributed by atoms with Gasteiger partial charge in [0.2, 0.25) is 0 Å². The smallest absolute Gasteiger partial charge is 0.251 e. The number of benzene rings is 2. The van der Waals surface area contributed by atoms with Gasteiger partial charge in [-0.2, -0.15) is 5.10 Å². The van der Waals surface area contributed by atoms with Crippen molar-refractivity contribution < 1.29 is 4.79 Å². The van der Waals surface area contributed by atoms with Crippen molar-refractivity contribution in [2.24, 2.45) is 0 Å². The van der Waals surface area contributed by atoms with Crippen molar-refractivity contribution in [2.75, 3.05) is 6.54 Å². The van der Waals surface area contributed by atoms with E-state index in [1.165, 1.54) is 0 Å². The summed E-state index contributed by atoms with van der Waals surface area (Å²) >= 11 is 7.66. The van der Waals surface area contributed by atoms with Gasteiger partial charge in [-0.25, -0.2) is 4.98 Å². The van der Waals surface area contributed by atoms with Crippen molar-refractivity contribution in [2.45, 2.75) is 35.6 Å². The third kappa shape index (κ3) is 4.25. The summed E-state index contributed by atoms with van der Waals surface area (Å²) in [6.07, 6.45) is 4.38. The first-order valence-electron chi connectivity index (χ1n) is 10.2. The highest BCUT2D eigenvalue weighted by molar-refractivity contribution is 7.99. The van der Waals surface area contributed by atoms with Crippen LogP contribution in [0.4, 0.5) is 0 Å². The molecule has 1 fully saturated rings. The molecule has 2 aromatic carbocycles. The summed E-state index contributed by atoms with van der Waals surface area (Å²) in [6, 6.07) is 20.0. The van der Waals surface area contributed by atoms with Crippen LogP contribution in [0.25, 0.3) is 22.3 Å². The fraction of sp³-hybridized carbons (Fsp3) is 0.208.